The molecule has 0 spiro atoms. The summed E-state index contributed by atoms with van der Waals surface area (Å²) in [6, 6.07) is 9.63. The van der Waals surface area contributed by atoms with E-state index in [1.807, 2.05) is 37.3 Å². The molecule has 4 nitrogen and oxygen atoms in total. The Hall–Kier alpha value is -2.49. The van der Waals surface area contributed by atoms with Crippen LogP contribution in [0.25, 0.3) is 0 Å². The highest BCUT2D eigenvalue weighted by atomic mass is 16.5. The van der Waals surface area contributed by atoms with E-state index in [4.69, 9.17) is 9.47 Å². The lowest BCUT2D eigenvalue weighted by Crippen LogP contribution is -2.14. The molecule has 0 aliphatic carbocycles. The van der Waals surface area contributed by atoms with E-state index in [0.717, 1.165) is 46.7 Å². The lowest BCUT2D eigenvalue weighted by molar-refractivity contribution is 0.102. The number of hydrogen-bond acceptors (Lipinski definition) is 3. The summed E-state index contributed by atoms with van der Waals surface area (Å²) in [6.07, 6.45) is 1.66. The fraction of sp³-hybridized carbons (Fsp3) is 0.278. The van der Waals surface area contributed by atoms with E-state index < -0.39 is 0 Å². The van der Waals surface area contributed by atoms with Gasteiger partial charge in [0.1, 0.15) is 11.5 Å². The smallest absolute Gasteiger partial charge is 0.255 e. The van der Waals surface area contributed by atoms with Crippen LogP contribution in [0, 0.1) is 6.92 Å². The summed E-state index contributed by atoms with van der Waals surface area (Å²) in [5.74, 6) is 1.58. The standard InChI is InChI=1S/C18H17NO3/c1-11-3-2-4-13(9-11)18(20)19-16-14-6-8-21-15(14)10-12-5-7-22-17(12)16/h2-4,9-10H,5-8H2,1H3,(H,19,20). The fourth-order valence-electron chi connectivity index (χ4n) is 3.09. The Morgan fingerprint density at radius 3 is 2.86 bits per heavy atom. The van der Waals surface area contributed by atoms with Gasteiger partial charge >= 0.3 is 0 Å². The summed E-state index contributed by atoms with van der Waals surface area (Å²) in [5.41, 5.74) is 4.66. The third-order valence-electron chi connectivity index (χ3n) is 4.17. The van der Waals surface area contributed by atoms with Gasteiger partial charge in [-0.3, -0.25) is 4.79 Å². The molecule has 2 aromatic carbocycles. The van der Waals surface area contributed by atoms with Gasteiger partial charge in [0.15, 0.2) is 0 Å². The second kappa shape index (κ2) is 5.05. The zero-order valence-corrected chi connectivity index (χ0v) is 12.4. The van der Waals surface area contributed by atoms with Crippen LogP contribution in [0.5, 0.6) is 11.5 Å². The van der Waals surface area contributed by atoms with Crippen LogP contribution in [-0.4, -0.2) is 19.1 Å². The molecule has 2 aromatic rings. The lowest BCUT2D eigenvalue weighted by atomic mass is 10.0. The Balaban J connectivity index is 1.73. The van der Waals surface area contributed by atoms with Crippen molar-refractivity contribution >= 4 is 11.6 Å². The van der Waals surface area contributed by atoms with E-state index in [2.05, 4.69) is 5.32 Å². The molecule has 2 aliphatic heterocycles. The number of anilines is 1. The third kappa shape index (κ3) is 2.11. The number of fused-ring (bicyclic) bond motifs is 2. The molecular formula is C18H17NO3. The first kappa shape index (κ1) is 13.2. The third-order valence-corrected chi connectivity index (χ3v) is 4.17. The topological polar surface area (TPSA) is 47.6 Å². The van der Waals surface area contributed by atoms with Gasteiger partial charge in [0.25, 0.3) is 5.91 Å². The maximum absolute atomic E-state index is 12.6. The van der Waals surface area contributed by atoms with Gasteiger partial charge in [-0.05, 0) is 25.1 Å². The van der Waals surface area contributed by atoms with E-state index in [1.165, 1.54) is 0 Å². The number of ether oxygens (including phenoxy) is 2. The van der Waals surface area contributed by atoms with Crippen molar-refractivity contribution in [1.29, 1.82) is 0 Å². The zero-order chi connectivity index (χ0) is 15.1. The van der Waals surface area contributed by atoms with Gasteiger partial charge in [-0.15, -0.1) is 0 Å². The number of carbonyl (C=O) groups excluding carboxylic acids is 1. The monoisotopic (exact) mass is 295 g/mol. The number of amides is 1. The van der Waals surface area contributed by atoms with Gasteiger partial charge in [0.05, 0.1) is 18.9 Å². The summed E-state index contributed by atoms with van der Waals surface area (Å²) in [7, 11) is 0. The van der Waals surface area contributed by atoms with E-state index in [9.17, 15) is 4.79 Å². The van der Waals surface area contributed by atoms with Gasteiger partial charge < -0.3 is 14.8 Å². The molecule has 0 bridgehead atoms. The molecule has 0 saturated heterocycles. The van der Waals surface area contributed by atoms with E-state index in [0.29, 0.717) is 18.8 Å². The Morgan fingerprint density at radius 2 is 2.00 bits per heavy atom. The molecular weight excluding hydrogens is 278 g/mol. The van der Waals surface area contributed by atoms with Crippen molar-refractivity contribution in [2.75, 3.05) is 18.5 Å². The van der Waals surface area contributed by atoms with Gasteiger partial charge in [-0.2, -0.15) is 0 Å². The van der Waals surface area contributed by atoms with Crippen molar-refractivity contribution in [1.82, 2.24) is 0 Å². The summed E-state index contributed by atoms with van der Waals surface area (Å²) >= 11 is 0. The molecule has 0 unspecified atom stereocenters. The molecule has 2 aliphatic rings. The molecule has 4 heteroatoms. The highest BCUT2D eigenvalue weighted by molar-refractivity contribution is 6.06. The van der Waals surface area contributed by atoms with Crippen molar-refractivity contribution in [3.8, 4) is 11.5 Å². The van der Waals surface area contributed by atoms with Crippen LogP contribution in [0.1, 0.15) is 27.0 Å². The molecule has 4 rings (SSSR count). The summed E-state index contributed by atoms with van der Waals surface area (Å²) in [4.78, 5) is 12.6. The van der Waals surface area contributed by atoms with Crippen LogP contribution in [0.15, 0.2) is 30.3 Å². The zero-order valence-electron chi connectivity index (χ0n) is 12.4. The Bertz CT molecular complexity index is 735. The van der Waals surface area contributed by atoms with Crippen LogP contribution in [-0.2, 0) is 12.8 Å². The molecule has 0 atom stereocenters. The predicted molar refractivity (Wildman–Crippen MR) is 84.0 cm³/mol. The maximum Gasteiger partial charge on any atom is 0.255 e. The van der Waals surface area contributed by atoms with Crippen molar-refractivity contribution < 1.29 is 14.3 Å². The highest BCUT2D eigenvalue weighted by Crippen LogP contribution is 2.44. The van der Waals surface area contributed by atoms with Gasteiger partial charge in [0.2, 0.25) is 0 Å². The Kier molecular flexibility index (Phi) is 3.03. The molecule has 0 fully saturated rings. The number of rotatable bonds is 2. The van der Waals surface area contributed by atoms with Crippen LogP contribution in [0.3, 0.4) is 0 Å². The maximum atomic E-state index is 12.6. The minimum Gasteiger partial charge on any atom is -0.493 e. The van der Waals surface area contributed by atoms with Crippen LogP contribution < -0.4 is 14.8 Å². The SMILES string of the molecule is Cc1cccc(C(=O)Nc2c3c(cc4c2OCC4)OCC3)c1. The quantitative estimate of drug-likeness (QED) is 0.926. The van der Waals surface area contributed by atoms with Gasteiger partial charge in [-0.25, -0.2) is 0 Å². The number of aryl methyl sites for hydroxylation is 1. The summed E-state index contributed by atoms with van der Waals surface area (Å²) in [5, 5.41) is 3.04. The second-order valence-corrected chi connectivity index (χ2v) is 5.74. The predicted octanol–water partition coefficient (Wildman–Crippen LogP) is 3.12. The molecule has 112 valence electrons. The fourth-order valence-corrected chi connectivity index (χ4v) is 3.09. The Labute approximate surface area is 129 Å². The average Bonchev–Trinajstić information content (AvgIpc) is 3.15. The minimum absolute atomic E-state index is 0.110. The highest BCUT2D eigenvalue weighted by Gasteiger charge is 2.27. The van der Waals surface area contributed by atoms with E-state index in [-0.39, 0.29) is 5.91 Å². The van der Waals surface area contributed by atoms with Crippen LogP contribution in [0.2, 0.25) is 0 Å². The first-order chi connectivity index (χ1) is 10.7. The second-order valence-electron chi connectivity index (χ2n) is 5.74. The van der Waals surface area contributed by atoms with Crippen LogP contribution in [0.4, 0.5) is 5.69 Å². The lowest BCUT2D eigenvalue weighted by Gasteiger charge is -2.14. The van der Waals surface area contributed by atoms with Gasteiger partial charge in [-0.1, -0.05) is 17.7 Å². The summed E-state index contributed by atoms with van der Waals surface area (Å²) in [6.45, 7) is 3.29. The molecule has 0 saturated carbocycles. The molecule has 2 heterocycles. The first-order valence-electron chi connectivity index (χ1n) is 7.55. The molecule has 22 heavy (non-hydrogen) atoms. The van der Waals surface area contributed by atoms with Crippen molar-refractivity contribution in [3.05, 3.63) is 52.6 Å². The molecule has 1 N–H and O–H groups in total. The van der Waals surface area contributed by atoms with Crippen molar-refractivity contribution in [2.45, 2.75) is 19.8 Å². The molecule has 0 aromatic heterocycles. The normalized spacial score (nSPS) is 14.8. The van der Waals surface area contributed by atoms with Crippen molar-refractivity contribution in [2.24, 2.45) is 0 Å². The average molecular weight is 295 g/mol. The summed E-state index contributed by atoms with van der Waals surface area (Å²) < 4.78 is 11.4. The molecule has 1 amide bonds. The van der Waals surface area contributed by atoms with E-state index in [1.54, 1.807) is 0 Å². The van der Waals surface area contributed by atoms with E-state index >= 15 is 0 Å². The van der Waals surface area contributed by atoms with Crippen LogP contribution >= 0.6 is 0 Å². The number of benzene rings is 2. The molecule has 0 radical (unpaired) electrons. The Morgan fingerprint density at radius 1 is 1.14 bits per heavy atom. The number of nitrogens with one attached hydrogen (secondary N) is 1. The largest absolute Gasteiger partial charge is 0.493 e. The number of carbonyl (C=O) groups is 1. The number of hydrogen-bond donors (Lipinski definition) is 1. The van der Waals surface area contributed by atoms with Gasteiger partial charge in [0, 0.05) is 29.5 Å². The minimum atomic E-state index is -0.110. The van der Waals surface area contributed by atoms with Crippen molar-refractivity contribution in [3.63, 3.8) is 0 Å². The first-order valence-corrected chi connectivity index (χ1v) is 7.55.